The summed E-state index contributed by atoms with van der Waals surface area (Å²) in [7, 11) is 0. The van der Waals surface area contributed by atoms with Gasteiger partial charge in [0.05, 0.1) is 11.1 Å². The van der Waals surface area contributed by atoms with Crippen LogP contribution < -0.4 is 11.3 Å². The minimum Gasteiger partial charge on any atom is -0.271 e. The maximum atomic E-state index is 6.09. The standard InChI is InChI=1S/C10H11ClN2S2/c1-6-2-3-8(15-6)9(13-12)10-7(11)4-5-14-10/h2-5,9,13H,12H2,1H3. The van der Waals surface area contributed by atoms with Crippen molar-refractivity contribution in [3.05, 3.63) is 43.2 Å². The summed E-state index contributed by atoms with van der Waals surface area (Å²) in [5.74, 6) is 5.58. The largest absolute Gasteiger partial charge is 0.271 e. The fourth-order valence-corrected chi connectivity index (χ4v) is 3.67. The molecule has 0 aliphatic heterocycles. The summed E-state index contributed by atoms with van der Waals surface area (Å²) in [6.45, 7) is 2.08. The molecule has 2 aromatic heterocycles. The Labute approximate surface area is 102 Å². The fourth-order valence-electron chi connectivity index (χ4n) is 1.41. The number of hydrazine groups is 1. The molecule has 2 heterocycles. The number of thiophene rings is 2. The molecule has 0 bridgehead atoms. The number of halogens is 1. The molecule has 3 N–H and O–H groups in total. The Bertz CT molecular complexity index is 450. The minimum atomic E-state index is 0.0104. The van der Waals surface area contributed by atoms with Gasteiger partial charge in [-0.1, -0.05) is 11.6 Å². The Morgan fingerprint density at radius 1 is 1.40 bits per heavy atom. The molecule has 1 unspecified atom stereocenters. The molecule has 0 aliphatic rings. The molecule has 0 saturated carbocycles. The van der Waals surface area contributed by atoms with Crippen molar-refractivity contribution in [2.24, 2.45) is 5.84 Å². The lowest BCUT2D eigenvalue weighted by atomic mass is 10.2. The molecular weight excluding hydrogens is 248 g/mol. The third-order valence-electron chi connectivity index (χ3n) is 2.12. The van der Waals surface area contributed by atoms with Gasteiger partial charge in [-0.2, -0.15) is 0 Å². The van der Waals surface area contributed by atoms with E-state index in [1.807, 2.05) is 11.4 Å². The first-order chi connectivity index (χ1) is 7.22. The van der Waals surface area contributed by atoms with Crippen LogP contribution in [0.25, 0.3) is 0 Å². The van der Waals surface area contributed by atoms with Gasteiger partial charge >= 0.3 is 0 Å². The Kier molecular flexibility index (Phi) is 3.43. The second-order valence-electron chi connectivity index (χ2n) is 3.18. The number of nitrogens with two attached hydrogens (primary N) is 1. The lowest BCUT2D eigenvalue weighted by molar-refractivity contribution is 0.656. The summed E-state index contributed by atoms with van der Waals surface area (Å²) < 4.78 is 0. The maximum Gasteiger partial charge on any atom is 0.0909 e. The van der Waals surface area contributed by atoms with E-state index in [1.165, 1.54) is 9.75 Å². The van der Waals surface area contributed by atoms with Crippen molar-refractivity contribution in [2.75, 3.05) is 0 Å². The third kappa shape index (κ3) is 2.24. The van der Waals surface area contributed by atoms with Gasteiger partial charge in [0.2, 0.25) is 0 Å². The summed E-state index contributed by atoms with van der Waals surface area (Å²) in [4.78, 5) is 3.54. The number of hydrogen-bond donors (Lipinski definition) is 2. The zero-order valence-corrected chi connectivity index (χ0v) is 10.5. The van der Waals surface area contributed by atoms with Crippen molar-refractivity contribution in [1.29, 1.82) is 0 Å². The van der Waals surface area contributed by atoms with E-state index < -0.39 is 0 Å². The van der Waals surface area contributed by atoms with Crippen LogP contribution >= 0.6 is 34.3 Å². The van der Waals surface area contributed by atoms with Crippen molar-refractivity contribution >= 4 is 34.3 Å². The van der Waals surface area contributed by atoms with Gasteiger partial charge in [0, 0.05) is 14.6 Å². The Balaban J connectivity index is 2.36. The van der Waals surface area contributed by atoms with E-state index >= 15 is 0 Å². The van der Waals surface area contributed by atoms with Crippen LogP contribution in [0.3, 0.4) is 0 Å². The molecule has 0 amide bonds. The number of aryl methyl sites for hydroxylation is 1. The van der Waals surface area contributed by atoms with Gasteiger partial charge in [-0.25, -0.2) is 5.43 Å². The number of nitrogens with one attached hydrogen (secondary N) is 1. The van der Waals surface area contributed by atoms with Crippen LogP contribution in [0, 0.1) is 6.92 Å². The summed E-state index contributed by atoms with van der Waals surface area (Å²) in [5, 5.41) is 2.75. The number of rotatable bonds is 3. The lowest BCUT2D eigenvalue weighted by Gasteiger charge is -2.12. The maximum absolute atomic E-state index is 6.09. The second kappa shape index (κ2) is 4.63. The molecule has 5 heteroatoms. The zero-order chi connectivity index (χ0) is 10.8. The van der Waals surface area contributed by atoms with Gasteiger partial charge in [0.1, 0.15) is 0 Å². The summed E-state index contributed by atoms with van der Waals surface area (Å²) in [5.41, 5.74) is 2.81. The highest BCUT2D eigenvalue weighted by molar-refractivity contribution is 7.13. The monoisotopic (exact) mass is 258 g/mol. The molecule has 15 heavy (non-hydrogen) atoms. The quantitative estimate of drug-likeness (QED) is 0.655. The molecule has 0 aliphatic carbocycles. The van der Waals surface area contributed by atoms with Gasteiger partial charge in [0.15, 0.2) is 0 Å². The predicted molar refractivity (Wildman–Crippen MR) is 67.6 cm³/mol. The third-order valence-corrected chi connectivity index (χ3v) is 4.61. The smallest absolute Gasteiger partial charge is 0.0909 e. The first kappa shape index (κ1) is 11.1. The van der Waals surface area contributed by atoms with Crippen LogP contribution in [0.1, 0.15) is 20.7 Å². The first-order valence-corrected chi connectivity index (χ1v) is 6.55. The van der Waals surface area contributed by atoms with E-state index in [9.17, 15) is 0 Å². The summed E-state index contributed by atoms with van der Waals surface area (Å²) >= 11 is 9.44. The summed E-state index contributed by atoms with van der Waals surface area (Å²) in [6.07, 6.45) is 0. The van der Waals surface area contributed by atoms with E-state index in [0.717, 1.165) is 9.90 Å². The molecule has 2 aromatic rings. The normalized spacial score (nSPS) is 13.0. The predicted octanol–water partition coefficient (Wildman–Crippen LogP) is 3.32. The van der Waals surface area contributed by atoms with E-state index in [2.05, 4.69) is 24.5 Å². The first-order valence-electron chi connectivity index (χ1n) is 4.47. The van der Waals surface area contributed by atoms with E-state index in [1.54, 1.807) is 22.7 Å². The molecule has 2 rings (SSSR count). The van der Waals surface area contributed by atoms with Crippen LogP contribution in [0.5, 0.6) is 0 Å². The minimum absolute atomic E-state index is 0.0104. The highest BCUT2D eigenvalue weighted by Crippen LogP contribution is 2.35. The zero-order valence-electron chi connectivity index (χ0n) is 8.16. The van der Waals surface area contributed by atoms with Crippen molar-refractivity contribution in [1.82, 2.24) is 5.43 Å². The fraction of sp³-hybridized carbons (Fsp3) is 0.200. The Morgan fingerprint density at radius 3 is 2.67 bits per heavy atom. The molecule has 0 spiro atoms. The van der Waals surface area contributed by atoms with Crippen LogP contribution in [-0.4, -0.2) is 0 Å². The van der Waals surface area contributed by atoms with Crippen molar-refractivity contribution in [3.63, 3.8) is 0 Å². The van der Waals surface area contributed by atoms with E-state index in [4.69, 9.17) is 17.4 Å². The second-order valence-corrected chi connectivity index (χ2v) is 5.86. The van der Waals surface area contributed by atoms with Crippen molar-refractivity contribution in [2.45, 2.75) is 13.0 Å². The lowest BCUT2D eigenvalue weighted by Crippen LogP contribution is -2.27. The average Bonchev–Trinajstić information content (AvgIpc) is 2.79. The molecule has 0 radical (unpaired) electrons. The topological polar surface area (TPSA) is 38.0 Å². The molecule has 1 atom stereocenters. The van der Waals surface area contributed by atoms with Crippen molar-refractivity contribution in [3.8, 4) is 0 Å². The van der Waals surface area contributed by atoms with Crippen LogP contribution in [0.2, 0.25) is 5.02 Å². The number of hydrogen-bond acceptors (Lipinski definition) is 4. The molecular formula is C10H11ClN2S2. The highest BCUT2D eigenvalue weighted by atomic mass is 35.5. The molecule has 0 aromatic carbocycles. The van der Waals surface area contributed by atoms with E-state index in [0.29, 0.717) is 0 Å². The summed E-state index contributed by atoms with van der Waals surface area (Å²) in [6, 6.07) is 6.08. The average molecular weight is 259 g/mol. The van der Waals surface area contributed by atoms with Crippen LogP contribution in [-0.2, 0) is 0 Å². The van der Waals surface area contributed by atoms with E-state index in [-0.39, 0.29) is 6.04 Å². The van der Waals surface area contributed by atoms with Gasteiger partial charge in [-0.3, -0.25) is 5.84 Å². The molecule has 0 saturated heterocycles. The van der Waals surface area contributed by atoms with Crippen LogP contribution in [0.4, 0.5) is 0 Å². The van der Waals surface area contributed by atoms with Crippen molar-refractivity contribution < 1.29 is 0 Å². The molecule has 80 valence electrons. The van der Waals surface area contributed by atoms with Gasteiger partial charge < -0.3 is 0 Å². The highest BCUT2D eigenvalue weighted by Gasteiger charge is 2.18. The Hall–Kier alpha value is -0.390. The van der Waals surface area contributed by atoms with Gasteiger partial charge in [-0.05, 0) is 30.5 Å². The van der Waals surface area contributed by atoms with Gasteiger partial charge in [0.25, 0.3) is 0 Å². The molecule has 0 fully saturated rings. The SMILES string of the molecule is Cc1ccc(C(NN)c2sccc2Cl)s1. The Morgan fingerprint density at radius 2 is 2.20 bits per heavy atom. The van der Waals surface area contributed by atoms with Gasteiger partial charge in [-0.15, -0.1) is 22.7 Å². The van der Waals surface area contributed by atoms with Crippen LogP contribution in [0.15, 0.2) is 23.6 Å². The molecule has 2 nitrogen and oxygen atoms in total.